The minimum Gasteiger partial charge on any atom is -0.303 e. The van der Waals surface area contributed by atoms with Crippen molar-refractivity contribution in [3.8, 4) is 0 Å². The number of rotatable bonds is 12. The molecule has 0 aromatic carbocycles. The van der Waals surface area contributed by atoms with Gasteiger partial charge < -0.3 is 4.79 Å². The first-order valence-electron chi connectivity index (χ1n) is 7.17. The van der Waals surface area contributed by atoms with Crippen molar-refractivity contribution in [3.05, 3.63) is 24.3 Å². The second-order valence-electron chi connectivity index (χ2n) is 4.48. The van der Waals surface area contributed by atoms with Crippen molar-refractivity contribution in [3.63, 3.8) is 0 Å². The Kier molecular flexibility index (Phi) is 14.4. The molecule has 0 aromatic heterocycles. The van der Waals surface area contributed by atoms with Gasteiger partial charge in [-0.05, 0) is 25.7 Å². The van der Waals surface area contributed by atoms with Gasteiger partial charge in [0, 0.05) is 6.42 Å². The summed E-state index contributed by atoms with van der Waals surface area (Å²) in [4.78, 5) is 10.1. The van der Waals surface area contributed by atoms with Gasteiger partial charge in [-0.15, -0.1) is 0 Å². The van der Waals surface area contributed by atoms with Gasteiger partial charge in [-0.2, -0.15) is 0 Å². The second-order valence-corrected chi connectivity index (χ2v) is 4.48. The van der Waals surface area contributed by atoms with Gasteiger partial charge in [0.2, 0.25) is 0 Å². The van der Waals surface area contributed by atoms with Gasteiger partial charge in [-0.25, -0.2) is 0 Å². The molecule has 1 nitrogen and oxygen atoms in total. The number of allylic oxidation sites excluding steroid dienone is 4. The summed E-state index contributed by atoms with van der Waals surface area (Å²) < 4.78 is 0. The highest BCUT2D eigenvalue weighted by atomic mass is 16.1. The number of aldehydes is 1. The van der Waals surface area contributed by atoms with E-state index in [0.717, 1.165) is 25.5 Å². The van der Waals surface area contributed by atoms with Crippen LogP contribution in [0.15, 0.2) is 24.3 Å². The predicted octanol–water partition coefficient (Wildman–Crippen LogP) is 5.22. The molecular formula is C16H28O. The van der Waals surface area contributed by atoms with Crippen LogP contribution < -0.4 is 0 Å². The topological polar surface area (TPSA) is 17.1 Å². The van der Waals surface area contributed by atoms with E-state index in [1.807, 2.05) is 0 Å². The van der Waals surface area contributed by atoms with E-state index in [1.165, 1.54) is 44.9 Å². The normalized spacial score (nSPS) is 11.6. The molecule has 0 amide bonds. The molecule has 0 unspecified atom stereocenters. The van der Waals surface area contributed by atoms with Crippen molar-refractivity contribution in [1.29, 1.82) is 0 Å². The summed E-state index contributed by atoms with van der Waals surface area (Å²) in [5.41, 5.74) is 0. The predicted molar refractivity (Wildman–Crippen MR) is 76.2 cm³/mol. The summed E-state index contributed by atoms with van der Waals surface area (Å²) in [6.07, 6.45) is 21.8. The first-order valence-corrected chi connectivity index (χ1v) is 7.17. The number of unbranched alkanes of at least 4 members (excludes halogenated alkanes) is 8. The van der Waals surface area contributed by atoms with E-state index in [4.69, 9.17) is 0 Å². The molecule has 0 aliphatic rings. The molecule has 0 N–H and O–H groups in total. The van der Waals surface area contributed by atoms with Gasteiger partial charge in [0.05, 0.1) is 0 Å². The third kappa shape index (κ3) is 15.1. The van der Waals surface area contributed by atoms with E-state index >= 15 is 0 Å². The maximum absolute atomic E-state index is 10.1. The fraction of sp³-hybridized carbons (Fsp3) is 0.688. The summed E-state index contributed by atoms with van der Waals surface area (Å²) in [5.74, 6) is 0. The lowest BCUT2D eigenvalue weighted by molar-refractivity contribution is -0.107. The Labute approximate surface area is 107 Å². The van der Waals surface area contributed by atoms with Crippen molar-refractivity contribution in [2.45, 2.75) is 71.1 Å². The van der Waals surface area contributed by atoms with Crippen molar-refractivity contribution >= 4 is 6.29 Å². The maximum Gasteiger partial charge on any atom is 0.119 e. The Morgan fingerprint density at radius 2 is 1.24 bits per heavy atom. The first-order chi connectivity index (χ1) is 8.41. The molecule has 0 saturated carbocycles. The third-order valence-corrected chi connectivity index (χ3v) is 2.81. The highest BCUT2D eigenvalue weighted by Crippen LogP contribution is 2.09. The fourth-order valence-electron chi connectivity index (χ4n) is 1.76. The average Bonchev–Trinajstić information content (AvgIpc) is 2.35. The monoisotopic (exact) mass is 236 g/mol. The molecule has 0 spiro atoms. The van der Waals surface area contributed by atoms with Crippen LogP contribution in [0.5, 0.6) is 0 Å². The molecule has 0 rings (SSSR count). The first kappa shape index (κ1) is 16.1. The van der Waals surface area contributed by atoms with Crippen LogP contribution in [0.3, 0.4) is 0 Å². The molecule has 0 fully saturated rings. The van der Waals surface area contributed by atoms with E-state index < -0.39 is 0 Å². The minimum absolute atomic E-state index is 0.746. The lowest BCUT2D eigenvalue weighted by Gasteiger charge is -1.99. The smallest absolute Gasteiger partial charge is 0.119 e. The van der Waals surface area contributed by atoms with Gasteiger partial charge in [-0.1, -0.05) is 63.3 Å². The van der Waals surface area contributed by atoms with Crippen LogP contribution in [0.25, 0.3) is 0 Å². The summed E-state index contributed by atoms with van der Waals surface area (Å²) in [7, 11) is 0. The van der Waals surface area contributed by atoms with Crippen LogP contribution in [0.1, 0.15) is 71.1 Å². The van der Waals surface area contributed by atoms with Crippen LogP contribution in [0, 0.1) is 0 Å². The molecule has 1 heteroatoms. The Bertz CT molecular complexity index is 204. The van der Waals surface area contributed by atoms with Crippen LogP contribution in [0.2, 0.25) is 0 Å². The van der Waals surface area contributed by atoms with Crippen LogP contribution >= 0.6 is 0 Å². The van der Waals surface area contributed by atoms with Gasteiger partial charge in [0.25, 0.3) is 0 Å². The van der Waals surface area contributed by atoms with Gasteiger partial charge in [0.15, 0.2) is 0 Å². The highest BCUT2D eigenvalue weighted by Gasteiger charge is 1.90. The Balaban J connectivity index is 3.05. The zero-order chi connectivity index (χ0) is 12.6. The van der Waals surface area contributed by atoms with Crippen LogP contribution in [-0.4, -0.2) is 6.29 Å². The molecule has 98 valence electrons. The lowest BCUT2D eigenvalue weighted by atomic mass is 10.1. The second kappa shape index (κ2) is 15.1. The summed E-state index contributed by atoms with van der Waals surface area (Å²) >= 11 is 0. The number of carbonyl (C=O) groups is 1. The zero-order valence-corrected chi connectivity index (χ0v) is 11.4. The van der Waals surface area contributed by atoms with Crippen LogP contribution in [-0.2, 0) is 4.79 Å². The van der Waals surface area contributed by atoms with E-state index in [-0.39, 0.29) is 0 Å². The number of hydrogen-bond acceptors (Lipinski definition) is 1. The van der Waals surface area contributed by atoms with Gasteiger partial charge in [0.1, 0.15) is 6.29 Å². The van der Waals surface area contributed by atoms with E-state index in [0.29, 0.717) is 0 Å². The maximum atomic E-state index is 10.1. The molecule has 0 bridgehead atoms. The fourth-order valence-corrected chi connectivity index (χ4v) is 1.76. The Hall–Kier alpha value is -0.850. The Morgan fingerprint density at radius 3 is 1.82 bits per heavy atom. The number of carbonyl (C=O) groups excluding carboxylic acids is 1. The lowest BCUT2D eigenvalue weighted by Crippen LogP contribution is -1.81. The molecule has 17 heavy (non-hydrogen) atoms. The van der Waals surface area contributed by atoms with Crippen molar-refractivity contribution in [1.82, 2.24) is 0 Å². The van der Waals surface area contributed by atoms with Gasteiger partial charge >= 0.3 is 0 Å². The van der Waals surface area contributed by atoms with Gasteiger partial charge in [-0.3, -0.25) is 0 Å². The zero-order valence-electron chi connectivity index (χ0n) is 11.4. The molecule has 0 aromatic rings. The summed E-state index contributed by atoms with van der Waals surface area (Å²) in [6, 6.07) is 0. The summed E-state index contributed by atoms with van der Waals surface area (Å²) in [6.45, 7) is 2.15. The minimum atomic E-state index is 0.746. The standard InChI is InChI=1S/C16H28O/c1-2-3-4-5-6-7-8-9-10-11-12-13-14-15-16-17/h3-6,16H,2,7-15H2,1H3/b4-3?,6-5-. The third-order valence-electron chi connectivity index (χ3n) is 2.81. The summed E-state index contributed by atoms with van der Waals surface area (Å²) in [5, 5.41) is 0. The molecule has 0 aliphatic carbocycles. The molecule has 0 saturated heterocycles. The quantitative estimate of drug-likeness (QED) is 0.258. The molecular weight excluding hydrogens is 208 g/mol. The van der Waals surface area contributed by atoms with Crippen molar-refractivity contribution in [2.75, 3.05) is 0 Å². The average molecular weight is 236 g/mol. The SMILES string of the molecule is CCC=C/C=C\CCCCCCCCCC=O. The van der Waals surface area contributed by atoms with E-state index in [9.17, 15) is 4.79 Å². The Morgan fingerprint density at radius 1 is 0.706 bits per heavy atom. The molecule has 0 atom stereocenters. The molecule has 0 heterocycles. The van der Waals surface area contributed by atoms with E-state index in [1.54, 1.807) is 0 Å². The largest absolute Gasteiger partial charge is 0.303 e. The van der Waals surface area contributed by atoms with Crippen LogP contribution in [0.4, 0.5) is 0 Å². The molecule has 0 aliphatic heterocycles. The van der Waals surface area contributed by atoms with E-state index in [2.05, 4.69) is 31.2 Å². The van der Waals surface area contributed by atoms with Crippen molar-refractivity contribution in [2.24, 2.45) is 0 Å². The molecule has 0 radical (unpaired) electrons. The van der Waals surface area contributed by atoms with Crippen molar-refractivity contribution < 1.29 is 4.79 Å². The number of hydrogen-bond donors (Lipinski definition) is 0. The highest BCUT2D eigenvalue weighted by molar-refractivity contribution is 5.48.